The molecule has 32 heavy (non-hydrogen) atoms. The molecule has 0 atom stereocenters. The second-order valence-electron chi connectivity index (χ2n) is 7.85. The third kappa shape index (κ3) is 4.43. The highest BCUT2D eigenvalue weighted by molar-refractivity contribution is 7.16. The van der Waals surface area contributed by atoms with Crippen LogP contribution in [0, 0.1) is 11.7 Å². The minimum atomic E-state index is -0.722. The number of anilines is 1. The SMILES string of the molecule is CCOC(=O)c1nn(-c2ccccc2F)c(=O)c2c(NC(=O)CC3CCCCC3)scc12. The van der Waals surface area contributed by atoms with Crippen molar-refractivity contribution in [3.8, 4) is 5.69 Å². The average Bonchev–Trinajstić information content (AvgIpc) is 3.19. The van der Waals surface area contributed by atoms with Crippen LogP contribution >= 0.6 is 11.3 Å². The lowest BCUT2D eigenvalue weighted by molar-refractivity contribution is -0.117. The Kier molecular flexibility index (Phi) is 6.64. The molecular weight excluding hydrogens is 433 g/mol. The predicted molar refractivity (Wildman–Crippen MR) is 121 cm³/mol. The quantitative estimate of drug-likeness (QED) is 0.543. The molecule has 1 N–H and O–H groups in total. The molecule has 0 bridgehead atoms. The van der Waals surface area contributed by atoms with Crippen LogP contribution in [0.5, 0.6) is 0 Å². The number of para-hydroxylation sites is 1. The summed E-state index contributed by atoms with van der Waals surface area (Å²) in [6, 6.07) is 5.67. The fourth-order valence-electron chi connectivity index (χ4n) is 4.11. The molecule has 1 aliphatic carbocycles. The number of ether oxygens (including phenoxy) is 1. The van der Waals surface area contributed by atoms with Crippen LogP contribution < -0.4 is 10.9 Å². The van der Waals surface area contributed by atoms with Crippen molar-refractivity contribution in [1.29, 1.82) is 0 Å². The van der Waals surface area contributed by atoms with Gasteiger partial charge in [0.15, 0.2) is 5.69 Å². The van der Waals surface area contributed by atoms with Crippen molar-refractivity contribution in [3.63, 3.8) is 0 Å². The van der Waals surface area contributed by atoms with Crippen molar-refractivity contribution in [3.05, 3.63) is 51.5 Å². The van der Waals surface area contributed by atoms with E-state index in [0.29, 0.717) is 17.3 Å². The Morgan fingerprint density at radius 3 is 2.72 bits per heavy atom. The van der Waals surface area contributed by atoms with Gasteiger partial charge in [-0.2, -0.15) is 9.78 Å². The van der Waals surface area contributed by atoms with E-state index in [1.54, 1.807) is 18.4 Å². The molecule has 0 aliphatic heterocycles. The molecule has 1 saturated carbocycles. The van der Waals surface area contributed by atoms with Gasteiger partial charge in [0.2, 0.25) is 5.91 Å². The van der Waals surface area contributed by atoms with Crippen LogP contribution in [-0.4, -0.2) is 28.3 Å². The Bertz CT molecular complexity index is 1210. The van der Waals surface area contributed by atoms with Gasteiger partial charge in [-0.15, -0.1) is 11.3 Å². The number of benzene rings is 1. The second-order valence-corrected chi connectivity index (χ2v) is 8.73. The molecule has 0 unspecified atom stereocenters. The number of carbonyl (C=O) groups is 2. The first-order chi connectivity index (χ1) is 15.5. The zero-order valence-corrected chi connectivity index (χ0v) is 18.5. The van der Waals surface area contributed by atoms with Crippen LogP contribution in [0.1, 0.15) is 55.9 Å². The van der Waals surface area contributed by atoms with Crippen LogP contribution in [0.15, 0.2) is 34.4 Å². The molecule has 1 aromatic carbocycles. The highest BCUT2D eigenvalue weighted by atomic mass is 32.1. The number of nitrogens with zero attached hydrogens (tertiary/aromatic N) is 2. The standard InChI is InChI=1S/C23H24FN3O4S/c1-2-31-23(30)20-15-13-32-21(25-18(28)12-14-8-4-3-5-9-14)19(15)22(29)27(26-20)17-11-7-6-10-16(17)24/h6-7,10-11,13-14H,2-5,8-9,12H2,1H3,(H,25,28). The fraction of sp³-hybridized carbons (Fsp3) is 0.391. The van der Waals surface area contributed by atoms with E-state index in [0.717, 1.165) is 41.7 Å². The third-order valence-electron chi connectivity index (χ3n) is 5.65. The monoisotopic (exact) mass is 457 g/mol. The molecular formula is C23H24FN3O4S. The van der Waals surface area contributed by atoms with E-state index in [2.05, 4.69) is 10.4 Å². The number of aromatic nitrogens is 2. The lowest BCUT2D eigenvalue weighted by Gasteiger charge is -2.20. The molecule has 2 heterocycles. The van der Waals surface area contributed by atoms with Crippen LogP contribution in [0.2, 0.25) is 0 Å². The maximum absolute atomic E-state index is 14.5. The van der Waals surface area contributed by atoms with Crippen LogP contribution in [0.25, 0.3) is 16.5 Å². The number of halogens is 1. The minimum Gasteiger partial charge on any atom is -0.461 e. The van der Waals surface area contributed by atoms with E-state index in [1.165, 1.54) is 24.6 Å². The molecule has 1 aliphatic rings. The Morgan fingerprint density at radius 1 is 1.25 bits per heavy atom. The first kappa shape index (κ1) is 22.1. The van der Waals surface area contributed by atoms with Gasteiger partial charge in [-0.25, -0.2) is 9.18 Å². The molecule has 0 saturated heterocycles. The number of hydrogen-bond donors (Lipinski definition) is 1. The highest BCUT2D eigenvalue weighted by Gasteiger charge is 2.24. The Balaban J connectivity index is 1.78. The van der Waals surface area contributed by atoms with Gasteiger partial charge in [0.05, 0.1) is 12.0 Å². The summed E-state index contributed by atoms with van der Waals surface area (Å²) in [7, 11) is 0. The lowest BCUT2D eigenvalue weighted by Crippen LogP contribution is -2.26. The number of fused-ring (bicyclic) bond motifs is 1. The third-order valence-corrected chi connectivity index (χ3v) is 6.55. The molecule has 0 radical (unpaired) electrons. The molecule has 2 aromatic heterocycles. The number of amides is 1. The summed E-state index contributed by atoms with van der Waals surface area (Å²) < 4.78 is 20.4. The predicted octanol–water partition coefficient (Wildman–Crippen LogP) is 4.67. The molecule has 4 rings (SSSR count). The highest BCUT2D eigenvalue weighted by Crippen LogP contribution is 2.32. The number of esters is 1. The van der Waals surface area contributed by atoms with Crippen LogP contribution in [0.3, 0.4) is 0 Å². The number of rotatable bonds is 6. The summed E-state index contributed by atoms with van der Waals surface area (Å²) in [5.74, 6) is -1.22. The van der Waals surface area contributed by atoms with E-state index in [1.807, 2.05) is 0 Å². The first-order valence-electron chi connectivity index (χ1n) is 10.8. The van der Waals surface area contributed by atoms with Gasteiger partial charge < -0.3 is 10.1 Å². The van der Waals surface area contributed by atoms with Crippen molar-refractivity contribution in [1.82, 2.24) is 9.78 Å². The molecule has 168 valence electrons. The smallest absolute Gasteiger partial charge is 0.359 e. The van der Waals surface area contributed by atoms with Gasteiger partial charge in [0.1, 0.15) is 16.5 Å². The zero-order valence-electron chi connectivity index (χ0n) is 17.7. The van der Waals surface area contributed by atoms with Gasteiger partial charge in [0.25, 0.3) is 5.56 Å². The van der Waals surface area contributed by atoms with Gasteiger partial charge in [-0.1, -0.05) is 31.4 Å². The number of nitrogens with one attached hydrogen (secondary N) is 1. The maximum atomic E-state index is 14.5. The van der Waals surface area contributed by atoms with Crippen molar-refractivity contribution >= 4 is 39.0 Å². The number of carbonyl (C=O) groups excluding carboxylic acids is 2. The van der Waals surface area contributed by atoms with E-state index >= 15 is 0 Å². The van der Waals surface area contributed by atoms with Crippen LogP contribution in [-0.2, 0) is 9.53 Å². The second kappa shape index (κ2) is 9.60. The summed E-state index contributed by atoms with van der Waals surface area (Å²) in [5, 5.41) is 9.27. The number of thiophene rings is 1. The normalized spacial score (nSPS) is 14.4. The van der Waals surface area contributed by atoms with Crippen molar-refractivity contribution in [2.75, 3.05) is 11.9 Å². The van der Waals surface area contributed by atoms with Gasteiger partial charge >= 0.3 is 5.97 Å². The summed E-state index contributed by atoms with van der Waals surface area (Å²) in [6.07, 6.45) is 5.89. The van der Waals surface area contributed by atoms with Crippen LogP contribution in [0.4, 0.5) is 9.39 Å². The molecule has 1 amide bonds. The Labute approximate surface area is 188 Å². The molecule has 9 heteroatoms. The molecule has 1 fully saturated rings. The molecule has 3 aromatic rings. The maximum Gasteiger partial charge on any atom is 0.359 e. The molecule has 7 nitrogen and oxygen atoms in total. The topological polar surface area (TPSA) is 90.3 Å². The fourth-order valence-corrected chi connectivity index (χ4v) is 5.06. The lowest BCUT2D eigenvalue weighted by atomic mass is 9.87. The van der Waals surface area contributed by atoms with Crippen molar-refractivity contribution < 1.29 is 18.7 Å². The Morgan fingerprint density at radius 2 is 2.00 bits per heavy atom. The van der Waals surface area contributed by atoms with Gasteiger partial charge in [-0.05, 0) is 37.8 Å². The summed E-state index contributed by atoms with van der Waals surface area (Å²) in [6.45, 7) is 1.78. The average molecular weight is 458 g/mol. The number of hydrogen-bond acceptors (Lipinski definition) is 6. The minimum absolute atomic E-state index is 0.0874. The molecule has 0 spiro atoms. The first-order valence-corrected chi connectivity index (χ1v) is 11.6. The summed E-state index contributed by atoms with van der Waals surface area (Å²) in [5.41, 5.74) is -0.809. The van der Waals surface area contributed by atoms with Crippen molar-refractivity contribution in [2.24, 2.45) is 5.92 Å². The van der Waals surface area contributed by atoms with Gasteiger partial charge in [0, 0.05) is 17.2 Å². The summed E-state index contributed by atoms with van der Waals surface area (Å²) >= 11 is 1.14. The largest absolute Gasteiger partial charge is 0.461 e. The summed E-state index contributed by atoms with van der Waals surface area (Å²) in [4.78, 5) is 38.5. The zero-order chi connectivity index (χ0) is 22.7. The van der Waals surface area contributed by atoms with Gasteiger partial charge in [-0.3, -0.25) is 9.59 Å². The van der Waals surface area contributed by atoms with E-state index in [-0.39, 0.29) is 34.7 Å². The van der Waals surface area contributed by atoms with E-state index < -0.39 is 17.3 Å². The van der Waals surface area contributed by atoms with E-state index in [9.17, 15) is 18.8 Å². The van der Waals surface area contributed by atoms with E-state index in [4.69, 9.17) is 4.74 Å². The van der Waals surface area contributed by atoms with Crippen molar-refractivity contribution in [2.45, 2.75) is 45.4 Å². The Hall–Kier alpha value is -3.07.